The number of sulfonamides is 1. The first kappa shape index (κ1) is 17.4. The molecule has 1 aliphatic carbocycles. The van der Waals surface area contributed by atoms with Crippen molar-refractivity contribution in [2.45, 2.75) is 30.0 Å². The van der Waals surface area contributed by atoms with Gasteiger partial charge in [-0.25, -0.2) is 13.1 Å². The van der Waals surface area contributed by atoms with Gasteiger partial charge in [-0.2, -0.15) is 18.2 Å². The Morgan fingerprint density at radius 1 is 1.20 bits per heavy atom. The van der Waals surface area contributed by atoms with Gasteiger partial charge < -0.3 is 0 Å². The van der Waals surface area contributed by atoms with E-state index in [9.17, 15) is 26.4 Å². The number of carbonyl (C=O) groups is 1. The van der Waals surface area contributed by atoms with E-state index >= 15 is 0 Å². The van der Waals surface area contributed by atoms with E-state index in [0.29, 0.717) is 0 Å². The minimum Gasteiger partial charge on any atom is -0.289 e. The second-order valence-corrected chi connectivity index (χ2v) is 7.09. The monoisotopic (exact) mass is 375 g/mol. The first-order valence-electron chi connectivity index (χ1n) is 7.08. The highest BCUT2D eigenvalue weighted by molar-refractivity contribution is 7.89. The van der Waals surface area contributed by atoms with Crippen molar-refractivity contribution in [3.63, 3.8) is 0 Å². The van der Waals surface area contributed by atoms with Gasteiger partial charge >= 0.3 is 6.18 Å². The summed E-state index contributed by atoms with van der Waals surface area (Å²) in [5.74, 6) is -2.65. The summed E-state index contributed by atoms with van der Waals surface area (Å²) >= 11 is 0. The molecule has 1 aliphatic rings. The molecule has 134 valence electrons. The van der Waals surface area contributed by atoms with Gasteiger partial charge in [-0.1, -0.05) is 0 Å². The van der Waals surface area contributed by atoms with Gasteiger partial charge in [-0.3, -0.25) is 15.2 Å². The molecule has 0 atom stereocenters. The maximum atomic E-state index is 12.4. The number of hydrogen-bond acceptors (Lipinski definition) is 5. The van der Waals surface area contributed by atoms with Crippen LogP contribution in [-0.4, -0.2) is 35.5 Å². The molecule has 3 rings (SSSR count). The lowest BCUT2D eigenvalue weighted by Gasteiger charge is -2.06. The fourth-order valence-electron chi connectivity index (χ4n) is 1.89. The predicted molar refractivity (Wildman–Crippen MR) is 79.1 cm³/mol. The first-order valence-corrected chi connectivity index (χ1v) is 8.57. The van der Waals surface area contributed by atoms with Gasteiger partial charge in [0.25, 0.3) is 5.91 Å². The largest absolute Gasteiger partial charge is 0.451 e. The predicted octanol–water partition coefficient (Wildman–Crippen LogP) is 1.52. The zero-order chi connectivity index (χ0) is 18.2. The molecular formula is C13H12F3N5O3S. The van der Waals surface area contributed by atoms with E-state index in [1.807, 2.05) is 0 Å². The molecular weight excluding hydrogens is 363 g/mol. The van der Waals surface area contributed by atoms with Gasteiger partial charge in [0.15, 0.2) is 0 Å². The molecule has 0 radical (unpaired) electrons. The van der Waals surface area contributed by atoms with E-state index < -0.39 is 33.9 Å². The molecule has 1 heterocycles. The molecule has 0 bridgehead atoms. The molecule has 3 N–H and O–H groups in total. The Balaban J connectivity index is 1.69. The average molecular weight is 375 g/mol. The number of rotatable bonds is 5. The Morgan fingerprint density at radius 2 is 1.84 bits per heavy atom. The molecule has 0 aliphatic heterocycles. The fourth-order valence-corrected chi connectivity index (χ4v) is 3.20. The molecule has 1 fully saturated rings. The summed E-state index contributed by atoms with van der Waals surface area (Å²) in [4.78, 5) is 15.1. The fraction of sp³-hybridized carbons (Fsp3) is 0.308. The van der Waals surface area contributed by atoms with Crippen molar-refractivity contribution in [1.82, 2.24) is 19.9 Å². The maximum absolute atomic E-state index is 12.4. The minimum absolute atomic E-state index is 0.00629. The highest BCUT2D eigenvalue weighted by Crippen LogP contribution is 2.26. The normalized spacial score (nSPS) is 15.2. The summed E-state index contributed by atoms with van der Waals surface area (Å²) in [6, 6.07) is 4.90. The van der Waals surface area contributed by atoms with Crippen molar-refractivity contribution in [3.05, 3.63) is 35.7 Å². The average Bonchev–Trinajstić information content (AvgIpc) is 3.19. The molecule has 12 heteroatoms. The molecule has 1 aromatic carbocycles. The van der Waals surface area contributed by atoms with E-state index in [1.54, 1.807) is 5.10 Å². The Bertz CT molecular complexity index is 888. The van der Waals surface area contributed by atoms with Crippen LogP contribution in [0.3, 0.4) is 0 Å². The Hall–Kier alpha value is -2.47. The number of nitrogens with zero attached hydrogens (tertiary/aromatic N) is 2. The summed E-state index contributed by atoms with van der Waals surface area (Å²) in [6.45, 7) is 0. The van der Waals surface area contributed by atoms with Gasteiger partial charge in [0.1, 0.15) is 0 Å². The van der Waals surface area contributed by atoms with Gasteiger partial charge in [0.2, 0.25) is 21.8 Å². The number of H-pyrrole nitrogens is 1. The molecule has 0 spiro atoms. The van der Waals surface area contributed by atoms with Gasteiger partial charge in [0.05, 0.1) is 4.90 Å². The van der Waals surface area contributed by atoms with Crippen LogP contribution in [-0.2, 0) is 16.2 Å². The smallest absolute Gasteiger partial charge is 0.289 e. The number of aromatic amines is 1. The van der Waals surface area contributed by atoms with Crippen molar-refractivity contribution >= 4 is 21.9 Å². The Kier molecular flexibility index (Phi) is 4.24. The summed E-state index contributed by atoms with van der Waals surface area (Å²) in [5.41, 5.74) is 0.0451. The Morgan fingerprint density at radius 3 is 2.36 bits per heavy atom. The number of hydrogen-bond donors (Lipinski definition) is 3. The number of halogens is 3. The molecule has 1 saturated carbocycles. The standard InChI is InChI=1S/C13H12F3N5O3S/c14-13(15,16)11-18-12(20-19-11)17-10(22)7-1-5-9(6-2-7)25(23,24)21-8-3-4-8/h1-2,5-6,8,21H,3-4H2,(H2,17,18,19,20,22). The third-order valence-electron chi connectivity index (χ3n) is 3.31. The molecule has 1 amide bonds. The van der Waals surface area contributed by atoms with Crippen molar-refractivity contribution in [3.8, 4) is 0 Å². The molecule has 8 nitrogen and oxygen atoms in total. The van der Waals surface area contributed by atoms with Crippen LogP contribution in [0.4, 0.5) is 19.1 Å². The summed E-state index contributed by atoms with van der Waals surface area (Å²) in [6.07, 6.45) is -3.13. The lowest BCUT2D eigenvalue weighted by atomic mass is 10.2. The van der Waals surface area contributed by atoms with Crippen LogP contribution < -0.4 is 10.0 Å². The first-order chi connectivity index (χ1) is 11.6. The van der Waals surface area contributed by atoms with Crippen LogP contribution >= 0.6 is 0 Å². The van der Waals surface area contributed by atoms with Crippen LogP contribution in [0.1, 0.15) is 29.0 Å². The van der Waals surface area contributed by atoms with E-state index in [0.717, 1.165) is 12.8 Å². The molecule has 0 unspecified atom stereocenters. The Labute approximate surface area is 139 Å². The summed E-state index contributed by atoms with van der Waals surface area (Å²) < 4.78 is 63.7. The van der Waals surface area contributed by atoms with E-state index in [-0.39, 0.29) is 16.5 Å². The topological polar surface area (TPSA) is 117 Å². The molecule has 2 aromatic rings. The molecule has 0 saturated heterocycles. The maximum Gasteiger partial charge on any atom is 0.451 e. The van der Waals surface area contributed by atoms with Crippen molar-refractivity contribution in [2.75, 3.05) is 5.32 Å². The van der Waals surface area contributed by atoms with Gasteiger partial charge in [-0.05, 0) is 37.1 Å². The molecule has 1 aromatic heterocycles. The van der Waals surface area contributed by atoms with Crippen molar-refractivity contribution < 1.29 is 26.4 Å². The number of alkyl halides is 3. The van der Waals surface area contributed by atoms with Gasteiger partial charge in [-0.15, -0.1) is 5.10 Å². The van der Waals surface area contributed by atoms with E-state index in [4.69, 9.17) is 0 Å². The highest BCUT2D eigenvalue weighted by Gasteiger charge is 2.35. The summed E-state index contributed by atoms with van der Waals surface area (Å²) in [5, 5.41) is 7.01. The van der Waals surface area contributed by atoms with Crippen LogP contribution in [0.15, 0.2) is 29.2 Å². The highest BCUT2D eigenvalue weighted by atomic mass is 32.2. The number of amides is 1. The zero-order valence-corrected chi connectivity index (χ0v) is 13.3. The van der Waals surface area contributed by atoms with Crippen LogP contribution in [0.25, 0.3) is 0 Å². The third-order valence-corrected chi connectivity index (χ3v) is 4.84. The number of benzene rings is 1. The number of nitrogens with one attached hydrogen (secondary N) is 3. The number of aromatic nitrogens is 3. The molecule has 25 heavy (non-hydrogen) atoms. The SMILES string of the molecule is O=C(Nc1n[nH]c(C(F)(F)F)n1)c1ccc(S(=O)(=O)NC2CC2)cc1. The van der Waals surface area contributed by atoms with E-state index in [1.165, 1.54) is 24.3 Å². The lowest BCUT2D eigenvalue weighted by Crippen LogP contribution is -2.25. The van der Waals surface area contributed by atoms with Crippen LogP contribution in [0, 0.1) is 0 Å². The zero-order valence-electron chi connectivity index (χ0n) is 12.5. The van der Waals surface area contributed by atoms with Crippen LogP contribution in [0.2, 0.25) is 0 Å². The second kappa shape index (κ2) is 6.11. The van der Waals surface area contributed by atoms with Crippen molar-refractivity contribution in [2.24, 2.45) is 0 Å². The quantitative estimate of drug-likeness (QED) is 0.733. The summed E-state index contributed by atoms with van der Waals surface area (Å²) in [7, 11) is -3.65. The third kappa shape index (κ3) is 4.14. The van der Waals surface area contributed by atoms with Crippen LogP contribution in [0.5, 0.6) is 0 Å². The minimum atomic E-state index is -4.71. The number of carbonyl (C=O) groups excluding carboxylic acids is 1. The van der Waals surface area contributed by atoms with Crippen molar-refractivity contribution in [1.29, 1.82) is 0 Å². The number of anilines is 1. The van der Waals surface area contributed by atoms with E-state index in [2.05, 4.69) is 20.1 Å². The lowest BCUT2D eigenvalue weighted by molar-refractivity contribution is -0.144. The van der Waals surface area contributed by atoms with Gasteiger partial charge in [0, 0.05) is 11.6 Å². The second-order valence-electron chi connectivity index (χ2n) is 5.38.